The summed E-state index contributed by atoms with van der Waals surface area (Å²) < 4.78 is 2.65. The number of hydrogen-bond acceptors (Lipinski definition) is 3. The SMILES string of the molecule is c1ccc(-c2cc(-c3ccccc3)nc(C3c4ccccc4-c4c3ccc3sc5ccccc5c43)n2)cc1. The van der Waals surface area contributed by atoms with Gasteiger partial charge in [-0.2, -0.15) is 0 Å². The third-order valence-electron chi connectivity index (χ3n) is 7.57. The van der Waals surface area contributed by atoms with Crippen LogP contribution in [0.2, 0.25) is 0 Å². The largest absolute Gasteiger partial charge is 0.232 e. The molecule has 0 saturated heterocycles. The standard InChI is InChI=1S/C35H22N2S/c1-3-11-22(12-4-1)28-21-29(23-13-5-2-6-14-23)37-35(36-28)33-25-16-8-7-15-24(25)32-27(33)19-20-31-34(32)26-17-9-10-18-30(26)38-31/h1-21,33H. The molecule has 38 heavy (non-hydrogen) atoms. The summed E-state index contributed by atoms with van der Waals surface area (Å²) in [6, 6.07) is 45.1. The molecular formula is C35H22N2S. The zero-order valence-corrected chi connectivity index (χ0v) is 21.3. The van der Waals surface area contributed by atoms with E-state index in [1.54, 1.807) is 0 Å². The van der Waals surface area contributed by atoms with E-state index in [9.17, 15) is 0 Å². The van der Waals surface area contributed by atoms with Crippen molar-refractivity contribution in [1.29, 1.82) is 0 Å². The van der Waals surface area contributed by atoms with Crippen LogP contribution in [0.4, 0.5) is 0 Å². The molecule has 0 radical (unpaired) electrons. The Hall–Kier alpha value is -4.60. The molecule has 0 aliphatic heterocycles. The molecule has 1 unspecified atom stereocenters. The van der Waals surface area contributed by atoms with Crippen molar-refractivity contribution in [3.8, 4) is 33.6 Å². The van der Waals surface area contributed by atoms with E-state index in [-0.39, 0.29) is 5.92 Å². The second kappa shape index (κ2) is 8.47. The van der Waals surface area contributed by atoms with Crippen LogP contribution in [0.1, 0.15) is 22.9 Å². The predicted molar refractivity (Wildman–Crippen MR) is 159 cm³/mol. The molecule has 7 aromatic rings. The molecule has 2 aromatic heterocycles. The normalized spacial score (nSPS) is 14.1. The predicted octanol–water partition coefficient (Wildman–Crippen LogP) is 9.34. The lowest BCUT2D eigenvalue weighted by atomic mass is 9.94. The minimum atomic E-state index is -0.0320. The Bertz CT molecular complexity index is 1920. The Balaban J connectivity index is 1.43. The molecule has 2 nitrogen and oxygen atoms in total. The van der Waals surface area contributed by atoms with Gasteiger partial charge in [-0.15, -0.1) is 11.3 Å². The first-order valence-electron chi connectivity index (χ1n) is 12.9. The first-order valence-corrected chi connectivity index (χ1v) is 13.7. The van der Waals surface area contributed by atoms with Gasteiger partial charge in [0.05, 0.1) is 17.3 Å². The summed E-state index contributed by atoms with van der Waals surface area (Å²) >= 11 is 1.87. The maximum atomic E-state index is 5.23. The second-order valence-corrected chi connectivity index (χ2v) is 10.8. The monoisotopic (exact) mass is 502 g/mol. The lowest BCUT2D eigenvalue weighted by Crippen LogP contribution is -2.07. The molecule has 0 N–H and O–H groups in total. The summed E-state index contributed by atoms with van der Waals surface area (Å²) in [5.41, 5.74) is 9.26. The molecule has 3 heteroatoms. The van der Waals surface area contributed by atoms with Crippen molar-refractivity contribution < 1.29 is 0 Å². The summed E-state index contributed by atoms with van der Waals surface area (Å²) in [6.07, 6.45) is 0. The van der Waals surface area contributed by atoms with E-state index in [0.717, 1.165) is 28.3 Å². The van der Waals surface area contributed by atoms with Crippen LogP contribution in [-0.2, 0) is 0 Å². The van der Waals surface area contributed by atoms with Crippen LogP contribution in [0, 0.1) is 0 Å². The van der Waals surface area contributed by atoms with E-state index in [4.69, 9.17) is 9.97 Å². The van der Waals surface area contributed by atoms with E-state index in [0.29, 0.717) is 0 Å². The minimum Gasteiger partial charge on any atom is -0.232 e. The van der Waals surface area contributed by atoms with Crippen LogP contribution in [0.5, 0.6) is 0 Å². The van der Waals surface area contributed by atoms with Crippen LogP contribution >= 0.6 is 11.3 Å². The number of aromatic nitrogens is 2. The summed E-state index contributed by atoms with van der Waals surface area (Å²) in [5.74, 6) is 0.811. The molecule has 178 valence electrons. The van der Waals surface area contributed by atoms with Crippen molar-refractivity contribution in [2.45, 2.75) is 5.92 Å². The molecule has 0 saturated carbocycles. The van der Waals surface area contributed by atoms with Crippen molar-refractivity contribution in [3.63, 3.8) is 0 Å². The first kappa shape index (κ1) is 21.5. The molecule has 1 atom stereocenters. The topological polar surface area (TPSA) is 25.8 Å². The van der Waals surface area contributed by atoms with E-state index in [1.165, 1.54) is 42.4 Å². The highest BCUT2D eigenvalue weighted by atomic mass is 32.1. The van der Waals surface area contributed by atoms with Crippen molar-refractivity contribution in [2.24, 2.45) is 0 Å². The van der Waals surface area contributed by atoms with Gasteiger partial charge in [-0.25, -0.2) is 9.97 Å². The lowest BCUT2D eigenvalue weighted by molar-refractivity contribution is 0.880. The van der Waals surface area contributed by atoms with Crippen molar-refractivity contribution in [3.05, 3.63) is 144 Å². The molecule has 2 heterocycles. The van der Waals surface area contributed by atoms with E-state index in [2.05, 4.69) is 115 Å². The maximum absolute atomic E-state index is 5.23. The zero-order chi connectivity index (χ0) is 25.1. The molecule has 1 aliphatic rings. The highest BCUT2D eigenvalue weighted by molar-refractivity contribution is 7.25. The summed E-state index contributed by atoms with van der Waals surface area (Å²) in [4.78, 5) is 10.5. The Labute approximate surface area is 224 Å². The molecular weight excluding hydrogens is 480 g/mol. The van der Waals surface area contributed by atoms with Crippen LogP contribution in [0.25, 0.3) is 53.8 Å². The highest BCUT2D eigenvalue weighted by Crippen LogP contribution is 2.52. The first-order chi connectivity index (χ1) is 18.8. The highest BCUT2D eigenvalue weighted by Gasteiger charge is 2.34. The van der Waals surface area contributed by atoms with Gasteiger partial charge in [0.25, 0.3) is 0 Å². The van der Waals surface area contributed by atoms with Gasteiger partial charge in [-0.3, -0.25) is 0 Å². The molecule has 8 rings (SSSR count). The van der Waals surface area contributed by atoms with Gasteiger partial charge in [0.2, 0.25) is 0 Å². The van der Waals surface area contributed by atoms with Crippen molar-refractivity contribution in [2.75, 3.05) is 0 Å². The molecule has 0 bridgehead atoms. The van der Waals surface area contributed by atoms with E-state index >= 15 is 0 Å². The van der Waals surface area contributed by atoms with Crippen LogP contribution < -0.4 is 0 Å². The molecule has 0 spiro atoms. The van der Waals surface area contributed by atoms with Gasteiger partial charge < -0.3 is 0 Å². The minimum absolute atomic E-state index is 0.0320. The van der Waals surface area contributed by atoms with Gasteiger partial charge >= 0.3 is 0 Å². The number of fused-ring (bicyclic) bond motifs is 7. The summed E-state index contributed by atoms with van der Waals surface area (Å²) in [6.45, 7) is 0. The number of hydrogen-bond donors (Lipinski definition) is 0. The van der Waals surface area contributed by atoms with Gasteiger partial charge in [0, 0.05) is 31.3 Å². The van der Waals surface area contributed by atoms with Gasteiger partial charge in [0.1, 0.15) is 5.82 Å². The number of thiophene rings is 1. The molecule has 0 amide bonds. The Morgan fingerprint density at radius 3 is 1.89 bits per heavy atom. The molecule has 0 fully saturated rings. The Kier molecular flexibility index (Phi) is 4.79. The number of rotatable bonds is 3. The number of benzene rings is 5. The maximum Gasteiger partial charge on any atom is 0.141 e. The van der Waals surface area contributed by atoms with Crippen molar-refractivity contribution >= 4 is 31.5 Å². The summed E-state index contributed by atoms with van der Waals surface area (Å²) in [5, 5.41) is 2.67. The van der Waals surface area contributed by atoms with E-state index in [1.807, 2.05) is 23.5 Å². The average molecular weight is 503 g/mol. The van der Waals surface area contributed by atoms with Crippen LogP contribution in [0.15, 0.2) is 127 Å². The second-order valence-electron chi connectivity index (χ2n) is 9.75. The smallest absolute Gasteiger partial charge is 0.141 e. The zero-order valence-electron chi connectivity index (χ0n) is 20.5. The Morgan fingerprint density at radius 2 is 1.16 bits per heavy atom. The van der Waals surface area contributed by atoms with Crippen LogP contribution in [0.3, 0.4) is 0 Å². The third-order valence-corrected chi connectivity index (χ3v) is 8.70. The molecule has 5 aromatic carbocycles. The van der Waals surface area contributed by atoms with Gasteiger partial charge in [0.15, 0.2) is 0 Å². The quantitative estimate of drug-likeness (QED) is 0.240. The fraction of sp³-hybridized carbons (Fsp3) is 0.0286. The van der Waals surface area contributed by atoms with E-state index < -0.39 is 0 Å². The van der Waals surface area contributed by atoms with Gasteiger partial charge in [-0.05, 0) is 40.5 Å². The van der Waals surface area contributed by atoms with Crippen LogP contribution in [-0.4, -0.2) is 9.97 Å². The molecule has 1 aliphatic carbocycles. The Morgan fingerprint density at radius 1 is 0.526 bits per heavy atom. The fourth-order valence-electron chi connectivity index (χ4n) is 5.89. The van der Waals surface area contributed by atoms with Crippen molar-refractivity contribution in [1.82, 2.24) is 9.97 Å². The fourth-order valence-corrected chi connectivity index (χ4v) is 7.01. The average Bonchev–Trinajstić information content (AvgIpc) is 3.53. The van der Waals surface area contributed by atoms with Gasteiger partial charge in [-0.1, -0.05) is 109 Å². The number of nitrogens with zero attached hydrogens (tertiary/aromatic N) is 2. The summed E-state index contributed by atoms with van der Waals surface area (Å²) in [7, 11) is 0. The lowest BCUT2D eigenvalue weighted by Gasteiger charge is -2.16. The third kappa shape index (κ3) is 3.26.